The highest BCUT2D eigenvalue weighted by atomic mass is 16.0. The first-order valence-electron chi connectivity index (χ1n) is 12.5. The average molecular weight is 406 g/mol. The van der Waals surface area contributed by atoms with Crippen LogP contribution >= 0.6 is 0 Å². The number of benzene rings is 1. The molecule has 2 nitrogen and oxygen atoms in total. The van der Waals surface area contributed by atoms with Gasteiger partial charge < -0.3 is 5.48 Å². The zero-order chi connectivity index (χ0) is 20.5. The van der Waals surface area contributed by atoms with Crippen molar-refractivity contribution in [1.82, 2.24) is 4.48 Å². The Bertz CT molecular complexity index is 466. The number of rotatable bonds is 18. The van der Waals surface area contributed by atoms with Gasteiger partial charge in [-0.1, -0.05) is 115 Å². The first kappa shape index (κ1) is 28.1. The number of aryl methyl sites for hydroxylation is 1. The van der Waals surface area contributed by atoms with Crippen LogP contribution in [0.2, 0.25) is 0 Å². The monoisotopic (exact) mass is 405 g/mol. The van der Waals surface area contributed by atoms with Gasteiger partial charge in [0.05, 0.1) is 20.6 Å². The Kier molecular flexibility index (Phi) is 17.4. The van der Waals surface area contributed by atoms with E-state index in [-0.39, 0.29) is 5.48 Å². The molecular weight excluding hydrogens is 354 g/mol. The van der Waals surface area contributed by atoms with Gasteiger partial charge in [-0.2, -0.15) is 0 Å². The number of hydrogen-bond donors (Lipinski definition) is 0. The third-order valence-electron chi connectivity index (χ3n) is 6.30. The number of quaternary nitrogens is 1. The largest absolute Gasteiger partial charge is 0.870 e. The van der Waals surface area contributed by atoms with Crippen LogP contribution in [0.15, 0.2) is 24.3 Å². The van der Waals surface area contributed by atoms with Crippen molar-refractivity contribution < 1.29 is 5.48 Å². The molecule has 0 bridgehead atoms. The third kappa shape index (κ3) is 14.7. The summed E-state index contributed by atoms with van der Waals surface area (Å²) >= 11 is 0. The summed E-state index contributed by atoms with van der Waals surface area (Å²) in [6.45, 7) is 5.72. The Morgan fingerprint density at radius 2 is 0.897 bits per heavy atom. The predicted octanol–water partition coefficient (Wildman–Crippen LogP) is 8.65. The molecule has 1 N–H and O–H groups in total. The third-order valence-corrected chi connectivity index (χ3v) is 6.30. The fraction of sp³-hybridized carbons (Fsp3) is 0.778. The first-order chi connectivity index (χ1) is 13.6. The molecular formula is C27H51NO. The Labute approximate surface area is 183 Å². The molecule has 0 spiro atoms. The fourth-order valence-electron chi connectivity index (χ4n) is 4.13. The van der Waals surface area contributed by atoms with E-state index in [4.69, 9.17) is 0 Å². The van der Waals surface area contributed by atoms with E-state index in [1.807, 2.05) is 0 Å². The van der Waals surface area contributed by atoms with Crippen LogP contribution in [0.1, 0.15) is 115 Å². The topological polar surface area (TPSA) is 30.0 Å². The average Bonchev–Trinajstić information content (AvgIpc) is 2.68. The van der Waals surface area contributed by atoms with Gasteiger partial charge in [-0.05, 0) is 31.9 Å². The second-order valence-corrected chi connectivity index (χ2v) is 9.55. The number of nitrogens with zero attached hydrogens (tertiary/aromatic N) is 1. The van der Waals surface area contributed by atoms with Gasteiger partial charge in [0.25, 0.3) is 0 Å². The van der Waals surface area contributed by atoms with Crippen LogP contribution in [0.4, 0.5) is 5.69 Å². The first-order valence-corrected chi connectivity index (χ1v) is 12.5. The second kappa shape index (κ2) is 18.0. The maximum absolute atomic E-state index is 2.34. The van der Waals surface area contributed by atoms with Crippen LogP contribution in [-0.4, -0.2) is 26.1 Å². The zero-order valence-electron chi connectivity index (χ0n) is 20.2. The minimum absolute atomic E-state index is 0. The molecule has 0 radical (unpaired) electrons. The van der Waals surface area contributed by atoms with Crippen LogP contribution in [-0.2, 0) is 0 Å². The van der Waals surface area contributed by atoms with Gasteiger partial charge in [0.2, 0.25) is 0 Å². The highest BCUT2D eigenvalue weighted by Crippen LogP contribution is 2.21. The molecule has 1 aromatic rings. The lowest BCUT2D eigenvalue weighted by molar-refractivity contribution is 0.380. The van der Waals surface area contributed by atoms with Gasteiger partial charge in [0.15, 0.2) is 0 Å². The quantitative estimate of drug-likeness (QED) is 0.177. The zero-order valence-corrected chi connectivity index (χ0v) is 20.2. The van der Waals surface area contributed by atoms with E-state index in [0.717, 1.165) is 4.48 Å². The molecule has 29 heavy (non-hydrogen) atoms. The van der Waals surface area contributed by atoms with Crippen LogP contribution in [0.25, 0.3) is 0 Å². The molecule has 0 saturated carbocycles. The van der Waals surface area contributed by atoms with Crippen LogP contribution < -0.4 is 4.48 Å². The highest BCUT2D eigenvalue weighted by molar-refractivity contribution is 5.43. The lowest BCUT2D eigenvalue weighted by Crippen LogP contribution is -2.41. The van der Waals surface area contributed by atoms with E-state index in [2.05, 4.69) is 52.2 Å². The van der Waals surface area contributed by atoms with Gasteiger partial charge in [0.1, 0.15) is 5.69 Å². The van der Waals surface area contributed by atoms with Gasteiger partial charge in [-0.15, -0.1) is 0 Å². The van der Waals surface area contributed by atoms with Gasteiger partial charge >= 0.3 is 0 Å². The molecule has 1 aromatic carbocycles. The van der Waals surface area contributed by atoms with Crippen LogP contribution in [0.5, 0.6) is 0 Å². The number of unbranched alkanes of at least 4 members (excludes halogenated alkanes) is 15. The Hall–Kier alpha value is -0.860. The minimum Gasteiger partial charge on any atom is -0.870 e. The van der Waals surface area contributed by atoms with Crippen molar-refractivity contribution in [2.24, 2.45) is 0 Å². The van der Waals surface area contributed by atoms with Crippen molar-refractivity contribution in [3.63, 3.8) is 0 Å². The SMILES string of the molecule is CCCCCCCCCCCCCCCCCC[N+](C)(C)c1ccc(C)cc1.[OH-]. The van der Waals surface area contributed by atoms with Gasteiger partial charge in [-0.3, -0.25) is 4.48 Å². The summed E-state index contributed by atoms with van der Waals surface area (Å²) in [6, 6.07) is 9.06. The maximum Gasteiger partial charge on any atom is 0.132 e. The molecule has 0 aliphatic heterocycles. The maximum atomic E-state index is 2.34. The van der Waals surface area contributed by atoms with E-state index in [1.165, 1.54) is 121 Å². The smallest absolute Gasteiger partial charge is 0.132 e. The molecule has 0 aromatic heterocycles. The summed E-state index contributed by atoms with van der Waals surface area (Å²) in [5.74, 6) is 0. The molecule has 0 aliphatic carbocycles. The standard InChI is InChI=1S/C27H50N.H2O/c1-5-6-7-8-9-10-11-12-13-14-15-16-17-18-19-20-25-28(3,4)27-23-21-26(2)22-24-27;/h21-24H,5-20,25H2,1-4H3;1H2/q+1;/p-1. The normalized spacial score (nSPS) is 11.4. The highest BCUT2D eigenvalue weighted by Gasteiger charge is 2.17. The Morgan fingerprint density at radius 3 is 1.28 bits per heavy atom. The van der Waals surface area contributed by atoms with Crippen LogP contribution in [0.3, 0.4) is 0 Å². The number of hydrogen-bond acceptors (Lipinski definition) is 1. The lowest BCUT2D eigenvalue weighted by atomic mass is 10.0. The van der Waals surface area contributed by atoms with Gasteiger partial charge in [0, 0.05) is 0 Å². The van der Waals surface area contributed by atoms with E-state index < -0.39 is 0 Å². The molecule has 0 atom stereocenters. The van der Waals surface area contributed by atoms with Crippen molar-refractivity contribution in [2.75, 3.05) is 20.6 Å². The van der Waals surface area contributed by atoms with Crippen molar-refractivity contribution in [2.45, 2.75) is 117 Å². The molecule has 0 amide bonds. The molecule has 0 unspecified atom stereocenters. The molecule has 1 rings (SSSR count). The Balaban J connectivity index is 0.00000784. The fourth-order valence-corrected chi connectivity index (χ4v) is 4.13. The Morgan fingerprint density at radius 1 is 0.552 bits per heavy atom. The molecule has 0 saturated heterocycles. The molecule has 0 fully saturated rings. The summed E-state index contributed by atoms with van der Waals surface area (Å²) in [4.78, 5) is 0. The molecule has 2 heteroatoms. The van der Waals surface area contributed by atoms with Gasteiger partial charge in [-0.25, -0.2) is 0 Å². The minimum atomic E-state index is 0. The summed E-state index contributed by atoms with van der Waals surface area (Å²) in [5.41, 5.74) is 2.79. The second-order valence-electron chi connectivity index (χ2n) is 9.55. The van der Waals surface area contributed by atoms with Crippen molar-refractivity contribution >= 4 is 5.69 Å². The summed E-state index contributed by atoms with van der Waals surface area (Å²) in [7, 11) is 4.69. The molecule has 0 aliphatic rings. The molecule has 170 valence electrons. The van der Waals surface area contributed by atoms with E-state index in [1.54, 1.807) is 0 Å². The summed E-state index contributed by atoms with van der Waals surface area (Å²) < 4.78 is 1.01. The molecule has 0 heterocycles. The van der Waals surface area contributed by atoms with Crippen molar-refractivity contribution in [3.05, 3.63) is 29.8 Å². The van der Waals surface area contributed by atoms with Crippen molar-refractivity contribution in [3.8, 4) is 0 Å². The summed E-state index contributed by atoms with van der Waals surface area (Å²) in [5, 5.41) is 0. The van der Waals surface area contributed by atoms with E-state index >= 15 is 0 Å². The van der Waals surface area contributed by atoms with Crippen LogP contribution in [0, 0.1) is 6.92 Å². The van der Waals surface area contributed by atoms with Crippen molar-refractivity contribution in [1.29, 1.82) is 0 Å². The predicted molar refractivity (Wildman–Crippen MR) is 131 cm³/mol. The summed E-state index contributed by atoms with van der Waals surface area (Å²) in [6.07, 6.45) is 23.1. The lowest BCUT2D eigenvalue weighted by Gasteiger charge is -2.29. The van der Waals surface area contributed by atoms with E-state index in [9.17, 15) is 0 Å². The van der Waals surface area contributed by atoms with E-state index in [0.29, 0.717) is 0 Å².